The molecule has 0 saturated heterocycles. The molecule has 0 spiro atoms. The van der Waals surface area contributed by atoms with Gasteiger partial charge in [-0.3, -0.25) is 4.79 Å². The standard InChI is InChI=1S/C22H22FN3O4/c1-13-26-22(2,17-12-29-9-8-20(17)30-13)16-10-14(4-6-18(16)23)25-21(27)19-7-5-15(28-3)11-24-19/h4-7,10-11H,8-9,12H2,1-3H3,(H,25,27). The molecule has 4 rings (SSSR count). The topological polar surface area (TPSA) is 82.0 Å². The zero-order valence-electron chi connectivity index (χ0n) is 17.0. The highest BCUT2D eigenvalue weighted by Gasteiger charge is 2.40. The molecule has 1 unspecified atom stereocenters. The average Bonchev–Trinajstić information content (AvgIpc) is 2.75. The molecule has 2 aromatic rings. The van der Waals surface area contributed by atoms with Gasteiger partial charge in [0.05, 0.1) is 26.5 Å². The van der Waals surface area contributed by atoms with Gasteiger partial charge in [0.25, 0.3) is 5.91 Å². The summed E-state index contributed by atoms with van der Waals surface area (Å²) in [4.78, 5) is 21.2. The van der Waals surface area contributed by atoms with Gasteiger partial charge in [0.2, 0.25) is 0 Å². The lowest BCUT2D eigenvalue weighted by Gasteiger charge is -2.37. The quantitative estimate of drug-likeness (QED) is 0.827. The first-order chi connectivity index (χ1) is 14.4. The first-order valence-electron chi connectivity index (χ1n) is 9.56. The van der Waals surface area contributed by atoms with E-state index in [9.17, 15) is 9.18 Å². The number of hydrogen-bond acceptors (Lipinski definition) is 6. The van der Waals surface area contributed by atoms with Gasteiger partial charge in [0, 0.05) is 30.2 Å². The minimum absolute atomic E-state index is 0.221. The van der Waals surface area contributed by atoms with Crippen molar-refractivity contribution in [3.05, 3.63) is 64.9 Å². The zero-order chi connectivity index (χ0) is 21.3. The van der Waals surface area contributed by atoms with Gasteiger partial charge in [-0.1, -0.05) is 0 Å². The summed E-state index contributed by atoms with van der Waals surface area (Å²) in [6.07, 6.45) is 2.07. The Bertz CT molecular complexity index is 1050. The van der Waals surface area contributed by atoms with E-state index in [1.54, 1.807) is 25.1 Å². The van der Waals surface area contributed by atoms with Gasteiger partial charge in [-0.15, -0.1) is 0 Å². The average molecular weight is 411 g/mol. The Labute approximate surface area is 173 Å². The lowest BCUT2D eigenvalue weighted by atomic mass is 9.82. The summed E-state index contributed by atoms with van der Waals surface area (Å²) in [5.74, 6) is 0.957. The molecule has 3 heterocycles. The van der Waals surface area contributed by atoms with Crippen LogP contribution in [0.15, 0.2) is 52.9 Å². The van der Waals surface area contributed by atoms with E-state index in [0.29, 0.717) is 42.5 Å². The molecule has 1 N–H and O–H groups in total. The van der Waals surface area contributed by atoms with Crippen LogP contribution in [0.3, 0.4) is 0 Å². The highest BCUT2D eigenvalue weighted by atomic mass is 19.1. The molecular weight excluding hydrogens is 389 g/mol. The van der Waals surface area contributed by atoms with Crippen LogP contribution in [0.5, 0.6) is 5.75 Å². The first-order valence-corrected chi connectivity index (χ1v) is 9.56. The van der Waals surface area contributed by atoms with Crippen LogP contribution in [0, 0.1) is 5.82 Å². The maximum Gasteiger partial charge on any atom is 0.274 e. The molecule has 1 aromatic carbocycles. The highest BCUT2D eigenvalue weighted by molar-refractivity contribution is 6.02. The van der Waals surface area contributed by atoms with E-state index >= 15 is 0 Å². The van der Waals surface area contributed by atoms with Crippen LogP contribution < -0.4 is 10.1 Å². The van der Waals surface area contributed by atoms with Crippen molar-refractivity contribution in [3.63, 3.8) is 0 Å². The monoisotopic (exact) mass is 411 g/mol. The number of carbonyl (C=O) groups excluding carboxylic acids is 1. The van der Waals surface area contributed by atoms with Crippen LogP contribution in [0.25, 0.3) is 0 Å². The van der Waals surface area contributed by atoms with E-state index in [1.807, 2.05) is 6.92 Å². The van der Waals surface area contributed by atoms with Gasteiger partial charge in [-0.25, -0.2) is 14.4 Å². The van der Waals surface area contributed by atoms with Gasteiger partial charge >= 0.3 is 0 Å². The summed E-state index contributed by atoms with van der Waals surface area (Å²) in [6, 6.07) is 7.63. The lowest BCUT2D eigenvalue weighted by molar-refractivity contribution is 0.102. The molecule has 7 nitrogen and oxygen atoms in total. The second-order valence-electron chi connectivity index (χ2n) is 7.24. The summed E-state index contributed by atoms with van der Waals surface area (Å²) in [5, 5.41) is 2.77. The van der Waals surface area contributed by atoms with Crippen LogP contribution in [-0.4, -0.2) is 37.1 Å². The van der Waals surface area contributed by atoms with Crippen molar-refractivity contribution in [3.8, 4) is 5.75 Å². The van der Waals surface area contributed by atoms with Crippen molar-refractivity contribution >= 4 is 17.5 Å². The molecule has 30 heavy (non-hydrogen) atoms. The smallest absolute Gasteiger partial charge is 0.274 e. The summed E-state index contributed by atoms with van der Waals surface area (Å²) in [6.45, 7) is 4.44. The van der Waals surface area contributed by atoms with Gasteiger partial charge in [0.15, 0.2) is 5.90 Å². The molecule has 2 aliphatic rings. The van der Waals surface area contributed by atoms with E-state index in [0.717, 1.165) is 11.3 Å². The molecule has 1 aromatic heterocycles. The molecule has 1 amide bonds. The number of carbonyl (C=O) groups is 1. The Balaban J connectivity index is 1.67. The minimum atomic E-state index is -0.985. The number of pyridine rings is 1. The van der Waals surface area contributed by atoms with Crippen LogP contribution in [0.4, 0.5) is 10.1 Å². The summed E-state index contributed by atoms with van der Waals surface area (Å²) < 4.78 is 31.3. The molecule has 1 atom stereocenters. The number of rotatable bonds is 4. The third-order valence-electron chi connectivity index (χ3n) is 5.25. The normalized spacial score (nSPS) is 20.7. The van der Waals surface area contributed by atoms with Crippen molar-refractivity contribution in [1.29, 1.82) is 0 Å². The van der Waals surface area contributed by atoms with Crippen molar-refractivity contribution in [2.45, 2.75) is 25.8 Å². The molecular formula is C22H22FN3O4. The number of amides is 1. The van der Waals surface area contributed by atoms with Crippen LogP contribution in [-0.2, 0) is 15.0 Å². The Morgan fingerprint density at radius 2 is 2.13 bits per heavy atom. The number of anilines is 1. The van der Waals surface area contributed by atoms with E-state index in [1.165, 1.54) is 25.4 Å². The predicted molar refractivity (Wildman–Crippen MR) is 109 cm³/mol. The summed E-state index contributed by atoms with van der Waals surface area (Å²) >= 11 is 0. The number of aliphatic imine (C=N–C) groups is 1. The van der Waals surface area contributed by atoms with Gasteiger partial charge < -0.3 is 19.5 Å². The number of nitrogens with one attached hydrogen (secondary N) is 1. The Morgan fingerprint density at radius 3 is 2.87 bits per heavy atom. The molecule has 0 radical (unpaired) electrons. The first kappa shape index (κ1) is 20.0. The Hall–Kier alpha value is -3.26. The van der Waals surface area contributed by atoms with E-state index in [2.05, 4.69) is 15.3 Å². The third-order valence-corrected chi connectivity index (χ3v) is 5.25. The maximum atomic E-state index is 14.9. The second kappa shape index (κ2) is 7.87. The van der Waals surface area contributed by atoms with Crippen molar-refractivity contribution in [2.24, 2.45) is 4.99 Å². The maximum absolute atomic E-state index is 14.9. The van der Waals surface area contributed by atoms with E-state index < -0.39 is 17.3 Å². The van der Waals surface area contributed by atoms with Crippen molar-refractivity contribution in [1.82, 2.24) is 4.98 Å². The van der Waals surface area contributed by atoms with Gasteiger partial charge in [-0.2, -0.15) is 0 Å². The fourth-order valence-electron chi connectivity index (χ4n) is 3.71. The molecule has 2 aliphatic heterocycles. The predicted octanol–water partition coefficient (Wildman–Crippen LogP) is 3.82. The van der Waals surface area contributed by atoms with Crippen LogP contribution in [0.2, 0.25) is 0 Å². The van der Waals surface area contributed by atoms with Gasteiger partial charge in [-0.05, 0) is 37.3 Å². The van der Waals surface area contributed by atoms with Crippen LogP contribution >= 0.6 is 0 Å². The molecule has 0 bridgehead atoms. The highest BCUT2D eigenvalue weighted by Crippen LogP contribution is 2.42. The minimum Gasteiger partial charge on any atom is -0.495 e. The molecule has 156 valence electrons. The number of halogens is 1. The number of ether oxygens (including phenoxy) is 3. The van der Waals surface area contributed by atoms with Gasteiger partial charge in [0.1, 0.15) is 28.6 Å². The fourth-order valence-corrected chi connectivity index (χ4v) is 3.71. The SMILES string of the molecule is COc1ccc(C(=O)Nc2ccc(F)c(C3(C)N=C(C)OC4=C3COCC4)c2)nc1. The largest absolute Gasteiger partial charge is 0.495 e. The van der Waals surface area contributed by atoms with E-state index in [4.69, 9.17) is 14.2 Å². The number of aromatic nitrogens is 1. The lowest BCUT2D eigenvalue weighted by Crippen LogP contribution is -2.35. The molecule has 8 heteroatoms. The fraction of sp³-hybridized carbons (Fsp3) is 0.318. The molecule has 0 saturated carbocycles. The Morgan fingerprint density at radius 1 is 1.30 bits per heavy atom. The number of benzene rings is 1. The number of hydrogen-bond donors (Lipinski definition) is 1. The van der Waals surface area contributed by atoms with Crippen molar-refractivity contribution in [2.75, 3.05) is 25.6 Å². The molecule has 0 aliphatic carbocycles. The molecule has 0 fully saturated rings. The summed E-state index contributed by atoms with van der Waals surface area (Å²) in [7, 11) is 1.52. The van der Waals surface area contributed by atoms with Crippen LogP contribution in [0.1, 0.15) is 36.3 Å². The summed E-state index contributed by atoms with van der Waals surface area (Å²) in [5.41, 5.74) is 0.801. The number of methoxy groups -OCH3 is 1. The van der Waals surface area contributed by atoms with E-state index in [-0.39, 0.29) is 5.69 Å². The number of nitrogens with zero attached hydrogens (tertiary/aromatic N) is 2. The van der Waals surface area contributed by atoms with Crippen molar-refractivity contribution < 1.29 is 23.4 Å². The third kappa shape index (κ3) is 3.66. The Kier molecular flexibility index (Phi) is 5.26. The zero-order valence-corrected chi connectivity index (χ0v) is 17.0. The second-order valence-corrected chi connectivity index (χ2v) is 7.24.